The third kappa shape index (κ3) is 3.22. The molecule has 0 aliphatic heterocycles. The average Bonchev–Trinajstić information content (AvgIpc) is 2.91. The molecule has 98 valence electrons. The molecular formula is C14H21N3O. The molecule has 18 heavy (non-hydrogen) atoms. The second-order valence-electron chi connectivity index (χ2n) is 4.87. The molecule has 0 unspecified atom stereocenters. The number of hydrogen-bond donors (Lipinski definition) is 2. The molecule has 0 atom stereocenters. The van der Waals surface area contributed by atoms with E-state index in [0.717, 1.165) is 24.6 Å². The van der Waals surface area contributed by atoms with E-state index < -0.39 is 0 Å². The fourth-order valence-electron chi connectivity index (χ4n) is 2.58. The maximum Gasteiger partial charge on any atom is 0.254 e. The molecule has 4 heteroatoms. The van der Waals surface area contributed by atoms with Gasteiger partial charge in [0.15, 0.2) is 0 Å². The molecule has 4 nitrogen and oxygen atoms in total. The predicted molar refractivity (Wildman–Crippen MR) is 72.7 cm³/mol. The maximum absolute atomic E-state index is 12.0. The number of amides is 1. The molecule has 2 rings (SSSR count). The average molecular weight is 247 g/mol. The van der Waals surface area contributed by atoms with Crippen LogP contribution in [0.5, 0.6) is 0 Å². The van der Waals surface area contributed by atoms with Crippen LogP contribution < -0.4 is 10.6 Å². The van der Waals surface area contributed by atoms with Gasteiger partial charge in [0, 0.05) is 31.7 Å². The van der Waals surface area contributed by atoms with Gasteiger partial charge in [-0.1, -0.05) is 25.7 Å². The standard InChI is InChI=1S/C14H21N3O/c1-15-13-7-8-16-10-12(13)14(18)17-9-6-11-4-2-3-5-11/h7-8,10-11H,2-6,9H2,1H3,(H,15,16)(H,17,18). The highest BCUT2D eigenvalue weighted by molar-refractivity contribution is 5.99. The lowest BCUT2D eigenvalue weighted by Crippen LogP contribution is -2.26. The number of anilines is 1. The van der Waals surface area contributed by atoms with Gasteiger partial charge in [0.05, 0.1) is 5.56 Å². The minimum Gasteiger partial charge on any atom is -0.387 e. The fourth-order valence-corrected chi connectivity index (χ4v) is 2.58. The molecule has 1 aromatic rings. The highest BCUT2D eigenvalue weighted by atomic mass is 16.1. The molecule has 0 saturated heterocycles. The smallest absolute Gasteiger partial charge is 0.254 e. The fraction of sp³-hybridized carbons (Fsp3) is 0.571. The van der Waals surface area contributed by atoms with Gasteiger partial charge in [-0.15, -0.1) is 0 Å². The van der Waals surface area contributed by atoms with Crippen molar-refractivity contribution in [3.8, 4) is 0 Å². The molecular weight excluding hydrogens is 226 g/mol. The van der Waals surface area contributed by atoms with E-state index in [1.54, 1.807) is 12.4 Å². The minimum absolute atomic E-state index is 0.0366. The van der Waals surface area contributed by atoms with Gasteiger partial charge in [-0.25, -0.2) is 0 Å². The zero-order valence-electron chi connectivity index (χ0n) is 10.9. The van der Waals surface area contributed by atoms with Crippen molar-refractivity contribution in [3.63, 3.8) is 0 Å². The Morgan fingerprint density at radius 2 is 2.22 bits per heavy atom. The molecule has 1 amide bonds. The van der Waals surface area contributed by atoms with E-state index in [1.165, 1.54) is 25.7 Å². The van der Waals surface area contributed by atoms with Crippen LogP contribution in [0.4, 0.5) is 5.69 Å². The van der Waals surface area contributed by atoms with E-state index in [-0.39, 0.29) is 5.91 Å². The molecule has 0 radical (unpaired) electrons. The summed E-state index contributed by atoms with van der Waals surface area (Å²) in [6, 6.07) is 1.81. The maximum atomic E-state index is 12.0. The lowest BCUT2D eigenvalue weighted by Gasteiger charge is -2.11. The van der Waals surface area contributed by atoms with E-state index in [9.17, 15) is 4.79 Å². The number of nitrogens with one attached hydrogen (secondary N) is 2. The Morgan fingerprint density at radius 3 is 2.94 bits per heavy atom. The second kappa shape index (κ2) is 6.38. The van der Waals surface area contributed by atoms with Gasteiger partial charge in [-0.2, -0.15) is 0 Å². The number of aromatic nitrogens is 1. The van der Waals surface area contributed by atoms with Gasteiger partial charge < -0.3 is 10.6 Å². The quantitative estimate of drug-likeness (QED) is 0.840. The summed E-state index contributed by atoms with van der Waals surface area (Å²) in [5, 5.41) is 5.99. The van der Waals surface area contributed by atoms with Gasteiger partial charge in [0.1, 0.15) is 0 Å². The molecule has 2 N–H and O–H groups in total. The van der Waals surface area contributed by atoms with Crippen LogP contribution in [0.3, 0.4) is 0 Å². The summed E-state index contributed by atoms with van der Waals surface area (Å²) in [5.41, 5.74) is 1.44. The summed E-state index contributed by atoms with van der Waals surface area (Å²) in [6.45, 7) is 0.765. The third-order valence-electron chi connectivity index (χ3n) is 3.65. The molecule has 0 bridgehead atoms. The van der Waals surface area contributed by atoms with Crippen LogP contribution >= 0.6 is 0 Å². The predicted octanol–water partition coefficient (Wildman–Crippen LogP) is 2.43. The topological polar surface area (TPSA) is 54.0 Å². The molecule has 1 aromatic heterocycles. The lowest BCUT2D eigenvalue weighted by molar-refractivity contribution is 0.0952. The third-order valence-corrected chi connectivity index (χ3v) is 3.65. The normalized spacial score (nSPS) is 15.6. The van der Waals surface area contributed by atoms with Gasteiger partial charge in [0.25, 0.3) is 5.91 Å². The zero-order chi connectivity index (χ0) is 12.8. The second-order valence-corrected chi connectivity index (χ2v) is 4.87. The van der Waals surface area contributed by atoms with E-state index in [2.05, 4.69) is 15.6 Å². The monoisotopic (exact) mass is 247 g/mol. The van der Waals surface area contributed by atoms with E-state index in [4.69, 9.17) is 0 Å². The van der Waals surface area contributed by atoms with E-state index in [1.807, 2.05) is 13.1 Å². The molecule has 1 saturated carbocycles. The van der Waals surface area contributed by atoms with Crippen molar-refractivity contribution in [1.82, 2.24) is 10.3 Å². The Bertz CT molecular complexity index is 400. The Kier molecular flexibility index (Phi) is 4.56. The van der Waals surface area contributed by atoms with Crippen molar-refractivity contribution < 1.29 is 4.79 Å². The van der Waals surface area contributed by atoms with Crippen LogP contribution in [0.2, 0.25) is 0 Å². The number of nitrogens with zero attached hydrogens (tertiary/aromatic N) is 1. The van der Waals surface area contributed by atoms with Crippen LogP contribution in [0.1, 0.15) is 42.5 Å². The Labute approximate surface area is 108 Å². The summed E-state index contributed by atoms with van der Waals surface area (Å²) in [7, 11) is 1.81. The summed E-state index contributed by atoms with van der Waals surface area (Å²) in [5.74, 6) is 0.772. The van der Waals surface area contributed by atoms with E-state index in [0.29, 0.717) is 5.56 Å². The van der Waals surface area contributed by atoms with Crippen LogP contribution in [-0.4, -0.2) is 24.5 Å². The highest BCUT2D eigenvalue weighted by Crippen LogP contribution is 2.26. The van der Waals surface area contributed by atoms with Gasteiger partial charge in [-0.05, 0) is 18.4 Å². The van der Waals surface area contributed by atoms with Crippen LogP contribution in [-0.2, 0) is 0 Å². The zero-order valence-corrected chi connectivity index (χ0v) is 10.9. The van der Waals surface area contributed by atoms with Crippen molar-refractivity contribution in [3.05, 3.63) is 24.0 Å². The van der Waals surface area contributed by atoms with Crippen molar-refractivity contribution in [2.75, 3.05) is 18.9 Å². The van der Waals surface area contributed by atoms with Crippen LogP contribution in [0.25, 0.3) is 0 Å². The lowest BCUT2D eigenvalue weighted by atomic mass is 10.0. The number of rotatable bonds is 5. The summed E-state index contributed by atoms with van der Waals surface area (Å²) < 4.78 is 0. The molecule has 1 fully saturated rings. The van der Waals surface area contributed by atoms with Gasteiger partial charge in [0.2, 0.25) is 0 Å². The van der Waals surface area contributed by atoms with Crippen molar-refractivity contribution in [1.29, 1.82) is 0 Å². The largest absolute Gasteiger partial charge is 0.387 e. The molecule has 0 spiro atoms. The number of carbonyl (C=O) groups excluding carboxylic acids is 1. The summed E-state index contributed by atoms with van der Waals surface area (Å²) in [6.07, 6.45) is 9.74. The van der Waals surface area contributed by atoms with Crippen LogP contribution in [0.15, 0.2) is 18.5 Å². The first kappa shape index (κ1) is 12.9. The number of hydrogen-bond acceptors (Lipinski definition) is 3. The Balaban J connectivity index is 1.83. The highest BCUT2D eigenvalue weighted by Gasteiger charge is 2.15. The summed E-state index contributed by atoms with van der Waals surface area (Å²) >= 11 is 0. The molecule has 1 heterocycles. The number of pyridine rings is 1. The van der Waals surface area contributed by atoms with Crippen molar-refractivity contribution in [2.45, 2.75) is 32.1 Å². The molecule has 1 aliphatic rings. The van der Waals surface area contributed by atoms with E-state index >= 15 is 0 Å². The number of carbonyl (C=O) groups is 1. The first-order chi connectivity index (χ1) is 8.81. The first-order valence-electron chi connectivity index (χ1n) is 6.71. The van der Waals surface area contributed by atoms with Crippen molar-refractivity contribution >= 4 is 11.6 Å². The SMILES string of the molecule is CNc1ccncc1C(=O)NCCC1CCCC1. The van der Waals surface area contributed by atoms with Gasteiger partial charge >= 0.3 is 0 Å². The minimum atomic E-state index is -0.0366. The Hall–Kier alpha value is -1.58. The van der Waals surface area contributed by atoms with Gasteiger partial charge in [-0.3, -0.25) is 9.78 Å². The molecule has 0 aromatic carbocycles. The van der Waals surface area contributed by atoms with Crippen LogP contribution in [0, 0.1) is 5.92 Å². The molecule has 1 aliphatic carbocycles. The first-order valence-corrected chi connectivity index (χ1v) is 6.71. The van der Waals surface area contributed by atoms with Crippen molar-refractivity contribution in [2.24, 2.45) is 5.92 Å². The Morgan fingerprint density at radius 1 is 1.44 bits per heavy atom. The summed E-state index contributed by atoms with van der Waals surface area (Å²) in [4.78, 5) is 16.0.